The monoisotopic (exact) mass is 248 g/mol. The van der Waals surface area contributed by atoms with Crippen LogP contribution < -0.4 is 5.32 Å². The number of hydrogen-bond acceptors (Lipinski definition) is 3. The summed E-state index contributed by atoms with van der Waals surface area (Å²) in [5, 5.41) is 3.28. The molecule has 1 fully saturated rings. The highest BCUT2D eigenvalue weighted by molar-refractivity contribution is 5.95. The van der Waals surface area contributed by atoms with Crippen molar-refractivity contribution in [2.45, 2.75) is 19.1 Å². The fraction of sp³-hybridized carbons (Fsp3) is 0.500. The normalized spacial score (nSPS) is 18.9. The van der Waals surface area contributed by atoms with Crippen molar-refractivity contribution in [3.63, 3.8) is 0 Å². The fourth-order valence-corrected chi connectivity index (χ4v) is 2.34. The van der Waals surface area contributed by atoms with Gasteiger partial charge in [-0.05, 0) is 24.6 Å². The van der Waals surface area contributed by atoms with Gasteiger partial charge in [0.1, 0.15) is 0 Å². The van der Waals surface area contributed by atoms with E-state index in [1.54, 1.807) is 7.11 Å². The van der Waals surface area contributed by atoms with Gasteiger partial charge >= 0.3 is 0 Å². The van der Waals surface area contributed by atoms with Gasteiger partial charge in [0.05, 0.1) is 6.61 Å². The topological polar surface area (TPSA) is 41.6 Å². The van der Waals surface area contributed by atoms with Crippen molar-refractivity contribution in [2.24, 2.45) is 0 Å². The molecule has 0 spiro atoms. The summed E-state index contributed by atoms with van der Waals surface area (Å²) in [5.74, 6) is 0.0800. The van der Waals surface area contributed by atoms with Gasteiger partial charge in [0, 0.05) is 32.3 Å². The number of rotatable bonds is 4. The Balaban J connectivity index is 2.16. The van der Waals surface area contributed by atoms with E-state index >= 15 is 0 Å². The first kappa shape index (κ1) is 13.1. The molecule has 1 heterocycles. The largest absolute Gasteiger partial charge is 0.380 e. The third kappa shape index (κ3) is 2.71. The van der Waals surface area contributed by atoms with E-state index in [9.17, 15) is 4.79 Å². The molecule has 2 rings (SSSR count). The predicted octanol–water partition coefficient (Wildman–Crippen LogP) is 1.27. The summed E-state index contributed by atoms with van der Waals surface area (Å²) in [6.45, 7) is 2.34. The first-order valence-corrected chi connectivity index (χ1v) is 6.28. The Labute approximate surface area is 108 Å². The van der Waals surface area contributed by atoms with Crippen LogP contribution in [0.1, 0.15) is 22.3 Å². The second-order valence-corrected chi connectivity index (χ2v) is 4.65. The molecule has 0 aliphatic carbocycles. The minimum Gasteiger partial charge on any atom is -0.380 e. The van der Waals surface area contributed by atoms with Crippen LogP contribution in [0.4, 0.5) is 0 Å². The average molecular weight is 248 g/mol. The van der Waals surface area contributed by atoms with Gasteiger partial charge in [-0.15, -0.1) is 0 Å². The molecule has 0 radical (unpaired) electrons. The second-order valence-electron chi connectivity index (χ2n) is 4.65. The van der Waals surface area contributed by atoms with E-state index in [0.29, 0.717) is 12.6 Å². The third-order valence-electron chi connectivity index (χ3n) is 3.45. The van der Waals surface area contributed by atoms with E-state index in [0.717, 1.165) is 30.6 Å². The van der Waals surface area contributed by atoms with Gasteiger partial charge in [-0.25, -0.2) is 0 Å². The van der Waals surface area contributed by atoms with Gasteiger partial charge in [0.2, 0.25) is 0 Å². The first-order chi connectivity index (χ1) is 8.74. The van der Waals surface area contributed by atoms with Crippen molar-refractivity contribution in [3.05, 3.63) is 35.4 Å². The number of carbonyl (C=O) groups is 1. The lowest BCUT2D eigenvalue weighted by Gasteiger charge is -2.24. The number of nitrogens with zero attached hydrogens (tertiary/aromatic N) is 1. The van der Waals surface area contributed by atoms with E-state index in [1.807, 2.05) is 36.2 Å². The molecule has 4 nitrogen and oxygen atoms in total. The van der Waals surface area contributed by atoms with Gasteiger partial charge in [-0.2, -0.15) is 0 Å². The van der Waals surface area contributed by atoms with Crippen LogP contribution in [0.25, 0.3) is 0 Å². The highest BCUT2D eigenvalue weighted by Crippen LogP contribution is 2.15. The van der Waals surface area contributed by atoms with Crippen LogP contribution in [0, 0.1) is 0 Å². The Kier molecular flexibility index (Phi) is 4.33. The predicted molar refractivity (Wildman–Crippen MR) is 70.5 cm³/mol. The SMILES string of the molecule is COCc1ccccc1C(=O)N(C)[C@@H]1CCNC1. The summed E-state index contributed by atoms with van der Waals surface area (Å²) in [5.41, 5.74) is 1.69. The summed E-state index contributed by atoms with van der Waals surface area (Å²) >= 11 is 0. The van der Waals surface area contributed by atoms with Crippen LogP contribution in [0.5, 0.6) is 0 Å². The molecular weight excluding hydrogens is 228 g/mol. The molecule has 0 unspecified atom stereocenters. The first-order valence-electron chi connectivity index (χ1n) is 6.28. The number of hydrogen-bond donors (Lipinski definition) is 1. The number of ether oxygens (including phenoxy) is 1. The van der Waals surface area contributed by atoms with E-state index in [1.165, 1.54) is 0 Å². The maximum absolute atomic E-state index is 12.5. The third-order valence-corrected chi connectivity index (χ3v) is 3.45. The molecule has 18 heavy (non-hydrogen) atoms. The van der Waals surface area contributed by atoms with Crippen LogP contribution in [-0.2, 0) is 11.3 Å². The second kappa shape index (κ2) is 5.98. The molecule has 1 atom stereocenters. The Hall–Kier alpha value is -1.39. The molecule has 0 saturated carbocycles. The number of carbonyl (C=O) groups excluding carboxylic acids is 1. The van der Waals surface area contributed by atoms with Crippen molar-refractivity contribution >= 4 is 5.91 Å². The molecule has 98 valence electrons. The standard InChI is InChI=1S/C14H20N2O2/c1-16(12-7-8-15-9-12)14(17)13-6-4-3-5-11(13)10-18-2/h3-6,12,15H,7-10H2,1-2H3/t12-/m1/s1. The molecule has 1 saturated heterocycles. The zero-order valence-electron chi connectivity index (χ0n) is 11.0. The summed E-state index contributed by atoms with van der Waals surface area (Å²) < 4.78 is 5.14. The number of likely N-dealkylation sites (N-methyl/N-ethyl adjacent to an activating group) is 1. The zero-order chi connectivity index (χ0) is 13.0. The van der Waals surface area contributed by atoms with E-state index in [4.69, 9.17) is 4.74 Å². The van der Waals surface area contributed by atoms with Crippen molar-refractivity contribution in [2.75, 3.05) is 27.2 Å². The molecule has 1 aliphatic rings. The van der Waals surface area contributed by atoms with Crippen molar-refractivity contribution in [3.8, 4) is 0 Å². The Morgan fingerprint density at radius 3 is 2.94 bits per heavy atom. The van der Waals surface area contributed by atoms with E-state index in [-0.39, 0.29) is 5.91 Å². The molecule has 1 aromatic carbocycles. The summed E-state index contributed by atoms with van der Waals surface area (Å²) in [6.07, 6.45) is 1.02. The molecule has 0 bridgehead atoms. The maximum atomic E-state index is 12.5. The Morgan fingerprint density at radius 2 is 2.28 bits per heavy atom. The van der Waals surface area contributed by atoms with Crippen LogP contribution in [-0.4, -0.2) is 44.1 Å². The van der Waals surface area contributed by atoms with E-state index < -0.39 is 0 Å². The summed E-state index contributed by atoms with van der Waals surface area (Å²) in [6, 6.07) is 7.94. The highest BCUT2D eigenvalue weighted by atomic mass is 16.5. The lowest BCUT2D eigenvalue weighted by atomic mass is 10.1. The molecule has 0 aromatic heterocycles. The molecular formula is C14H20N2O2. The Morgan fingerprint density at radius 1 is 1.50 bits per heavy atom. The van der Waals surface area contributed by atoms with Crippen LogP contribution >= 0.6 is 0 Å². The number of methoxy groups -OCH3 is 1. The molecule has 1 aromatic rings. The minimum atomic E-state index is 0.0800. The molecule has 1 N–H and O–H groups in total. The lowest BCUT2D eigenvalue weighted by molar-refractivity contribution is 0.0739. The summed E-state index contributed by atoms with van der Waals surface area (Å²) in [4.78, 5) is 14.3. The smallest absolute Gasteiger partial charge is 0.254 e. The number of nitrogens with one attached hydrogen (secondary N) is 1. The number of benzene rings is 1. The fourth-order valence-electron chi connectivity index (χ4n) is 2.34. The van der Waals surface area contributed by atoms with Gasteiger partial charge in [-0.3, -0.25) is 4.79 Å². The van der Waals surface area contributed by atoms with Gasteiger partial charge in [-0.1, -0.05) is 18.2 Å². The number of amides is 1. The van der Waals surface area contributed by atoms with Gasteiger partial charge < -0.3 is 15.0 Å². The van der Waals surface area contributed by atoms with Gasteiger partial charge in [0.15, 0.2) is 0 Å². The van der Waals surface area contributed by atoms with E-state index in [2.05, 4.69) is 5.32 Å². The Bertz CT molecular complexity index is 414. The van der Waals surface area contributed by atoms with Crippen LogP contribution in [0.15, 0.2) is 24.3 Å². The van der Waals surface area contributed by atoms with Crippen LogP contribution in [0.3, 0.4) is 0 Å². The van der Waals surface area contributed by atoms with Crippen LogP contribution in [0.2, 0.25) is 0 Å². The summed E-state index contributed by atoms with van der Waals surface area (Å²) in [7, 11) is 3.52. The average Bonchev–Trinajstić information content (AvgIpc) is 2.92. The zero-order valence-corrected chi connectivity index (χ0v) is 11.0. The molecule has 1 amide bonds. The van der Waals surface area contributed by atoms with Crippen molar-refractivity contribution in [1.29, 1.82) is 0 Å². The highest BCUT2D eigenvalue weighted by Gasteiger charge is 2.25. The van der Waals surface area contributed by atoms with Crippen molar-refractivity contribution < 1.29 is 9.53 Å². The molecule has 4 heteroatoms. The lowest BCUT2D eigenvalue weighted by Crippen LogP contribution is -2.38. The van der Waals surface area contributed by atoms with Crippen molar-refractivity contribution in [1.82, 2.24) is 10.2 Å². The maximum Gasteiger partial charge on any atom is 0.254 e. The van der Waals surface area contributed by atoms with Gasteiger partial charge in [0.25, 0.3) is 5.91 Å². The minimum absolute atomic E-state index is 0.0800. The molecule has 1 aliphatic heterocycles. The quantitative estimate of drug-likeness (QED) is 0.872.